The van der Waals surface area contributed by atoms with E-state index in [2.05, 4.69) is 17.2 Å². The highest BCUT2D eigenvalue weighted by Gasteiger charge is 2.16. The summed E-state index contributed by atoms with van der Waals surface area (Å²) in [6, 6.07) is 21.1. The monoisotopic (exact) mass is 401 g/mol. The molecule has 0 saturated carbocycles. The number of amides is 1. The molecular formula is C24H23N3O3. The lowest BCUT2D eigenvalue weighted by molar-refractivity contribution is -0.120. The summed E-state index contributed by atoms with van der Waals surface area (Å²) in [5.74, 6) is 0.0980. The van der Waals surface area contributed by atoms with Crippen LogP contribution in [0.5, 0.6) is 11.6 Å². The number of aromatic hydroxyl groups is 1. The van der Waals surface area contributed by atoms with Gasteiger partial charge in [0.25, 0.3) is 0 Å². The van der Waals surface area contributed by atoms with Gasteiger partial charge in [-0.25, -0.2) is 0 Å². The molecule has 6 nitrogen and oxygen atoms in total. The first-order chi connectivity index (χ1) is 14.7. The maximum absolute atomic E-state index is 12.2. The molecule has 0 atom stereocenters. The third-order valence-electron chi connectivity index (χ3n) is 5.00. The zero-order chi connectivity index (χ0) is 20.9. The Morgan fingerprint density at radius 2 is 1.80 bits per heavy atom. The highest BCUT2D eigenvalue weighted by atomic mass is 16.5. The van der Waals surface area contributed by atoms with Crippen molar-refractivity contribution in [2.45, 2.75) is 26.3 Å². The van der Waals surface area contributed by atoms with E-state index in [0.717, 1.165) is 34.5 Å². The molecule has 1 amide bonds. The van der Waals surface area contributed by atoms with Crippen molar-refractivity contribution in [3.8, 4) is 11.6 Å². The molecule has 0 bridgehead atoms. The molecule has 0 radical (unpaired) electrons. The molecule has 3 aromatic carbocycles. The van der Waals surface area contributed by atoms with E-state index in [0.29, 0.717) is 18.0 Å². The van der Waals surface area contributed by atoms with E-state index in [9.17, 15) is 9.90 Å². The lowest BCUT2D eigenvalue weighted by Crippen LogP contribution is -2.07. The molecule has 1 N–H and O–H groups in total. The van der Waals surface area contributed by atoms with Crippen LogP contribution in [0.1, 0.15) is 19.8 Å². The highest BCUT2D eigenvalue weighted by molar-refractivity contribution is 5.95. The molecule has 4 aromatic rings. The molecule has 1 aromatic heterocycles. The quantitative estimate of drug-likeness (QED) is 0.386. The van der Waals surface area contributed by atoms with Gasteiger partial charge in [-0.2, -0.15) is 0 Å². The lowest BCUT2D eigenvalue weighted by Gasteiger charge is -2.05. The molecular weight excluding hydrogens is 378 g/mol. The summed E-state index contributed by atoms with van der Waals surface area (Å²) in [5.41, 5.74) is 1.18. The zero-order valence-corrected chi connectivity index (χ0v) is 16.8. The molecule has 0 aliphatic carbocycles. The smallest absolute Gasteiger partial charge is 0.302 e. The van der Waals surface area contributed by atoms with E-state index >= 15 is 0 Å². The number of fused-ring (bicyclic) bond motifs is 2. The Balaban J connectivity index is 1.49. The van der Waals surface area contributed by atoms with Gasteiger partial charge in [0.15, 0.2) is 12.3 Å². The summed E-state index contributed by atoms with van der Waals surface area (Å²) in [6.07, 6.45) is 1.94. The maximum atomic E-state index is 12.2. The second-order valence-corrected chi connectivity index (χ2v) is 7.09. The van der Waals surface area contributed by atoms with Gasteiger partial charge in [0.05, 0.1) is 5.52 Å². The van der Waals surface area contributed by atoms with Gasteiger partial charge >= 0.3 is 5.91 Å². The van der Waals surface area contributed by atoms with Crippen LogP contribution in [0, 0.1) is 0 Å². The standard InChI is InChI=1S/C24H23N3O3/c1-2-3-14-27-21-11-7-6-10-20(21)23(24(27)29)26-25-22(28)16-30-19-13-12-17-8-4-5-9-18(17)15-19/h4-13,15,29H,2-3,14,16H2,1H3. The van der Waals surface area contributed by atoms with Crippen LogP contribution < -0.4 is 4.74 Å². The molecule has 0 spiro atoms. The van der Waals surface area contributed by atoms with Crippen LogP contribution in [0.25, 0.3) is 21.7 Å². The molecule has 0 unspecified atom stereocenters. The number of unbranched alkanes of at least 4 members (excludes halogenated alkanes) is 1. The second-order valence-electron chi connectivity index (χ2n) is 7.09. The molecule has 0 aliphatic rings. The summed E-state index contributed by atoms with van der Waals surface area (Å²) in [5, 5.41) is 21.3. The van der Waals surface area contributed by atoms with Crippen LogP contribution >= 0.6 is 0 Å². The van der Waals surface area contributed by atoms with E-state index in [1.54, 1.807) is 0 Å². The van der Waals surface area contributed by atoms with E-state index in [4.69, 9.17) is 4.74 Å². The Bertz CT molecular complexity index is 1230. The Morgan fingerprint density at radius 3 is 2.63 bits per heavy atom. The number of benzene rings is 3. The third-order valence-corrected chi connectivity index (χ3v) is 5.00. The zero-order valence-electron chi connectivity index (χ0n) is 16.8. The molecule has 0 fully saturated rings. The Hall–Kier alpha value is -3.67. The predicted molar refractivity (Wildman–Crippen MR) is 117 cm³/mol. The minimum atomic E-state index is -0.520. The molecule has 4 rings (SSSR count). The van der Waals surface area contributed by atoms with E-state index in [1.165, 1.54) is 0 Å². The number of ether oxygens (including phenoxy) is 1. The number of hydrogen-bond donors (Lipinski definition) is 1. The van der Waals surface area contributed by atoms with Gasteiger partial charge in [0, 0.05) is 11.9 Å². The van der Waals surface area contributed by atoms with Gasteiger partial charge in [0.2, 0.25) is 5.88 Å². The van der Waals surface area contributed by atoms with Crippen LogP contribution in [0.15, 0.2) is 77.0 Å². The first-order valence-corrected chi connectivity index (χ1v) is 10.0. The van der Waals surface area contributed by atoms with Crippen molar-refractivity contribution >= 4 is 33.3 Å². The van der Waals surface area contributed by atoms with E-state index < -0.39 is 5.91 Å². The Labute approximate surface area is 174 Å². The van der Waals surface area contributed by atoms with Crippen LogP contribution in [-0.4, -0.2) is 22.2 Å². The number of hydrogen-bond acceptors (Lipinski definition) is 4. The van der Waals surface area contributed by atoms with Crippen molar-refractivity contribution in [1.82, 2.24) is 4.57 Å². The highest BCUT2D eigenvalue weighted by Crippen LogP contribution is 2.39. The Kier molecular flexibility index (Phi) is 5.75. The summed E-state index contributed by atoms with van der Waals surface area (Å²) in [7, 11) is 0. The summed E-state index contributed by atoms with van der Waals surface area (Å²) < 4.78 is 7.38. The number of rotatable bonds is 7. The number of para-hydroxylation sites is 1. The normalized spacial score (nSPS) is 11.5. The van der Waals surface area contributed by atoms with Crippen LogP contribution in [0.3, 0.4) is 0 Å². The van der Waals surface area contributed by atoms with Gasteiger partial charge in [-0.05, 0) is 35.4 Å². The van der Waals surface area contributed by atoms with Crippen LogP contribution in [-0.2, 0) is 11.3 Å². The average molecular weight is 401 g/mol. The second kappa shape index (κ2) is 8.78. The van der Waals surface area contributed by atoms with Crippen LogP contribution in [0.4, 0.5) is 5.69 Å². The molecule has 6 heteroatoms. The summed E-state index contributed by atoms with van der Waals surface area (Å²) in [6.45, 7) is 2.55. The molecule has 1 heterocycles. The number of carbonyl (C=O) groups excluding carboxylic acids is 1. The number of azo groups is 1. The minimum absolute atomic E-state index is 0.0247. The van der Waals surface area contributed by atoms with Crippen molar-refractivity contribution in [3.05, 3.63) is 66.7 Å². The van der Waals surface area contributed by atoms with Crippen molar-refractivity contribution in [3.63, 3.8) is 0 Å². The molecule has 152 valence electrons. The maximum Gasteiger partial charge on any atom is 0.302 e. The fourth-order valence-electron chi connectivity index (χ4n) is 3.45. The molecule has 30 heavy (non-hydrogen) atoms. The number of aromatic nitrogens is 1. The van der Waals surface area contributed by atoms with Crippen molar-refractivity contribution in [2.75, 3.05) is 6.61 Å². The SMILES string of the molecule is CCCCn1c(O)c(N=NC(=O)COc2ccc3ccccc3c2)c2ccccc21. The summed E-state index contributed by atoms with van der Waals surface area (Å²) >= 11 is 0. The fourth-order valence-corrected chi connectivity index (χ4v) is 3.45. The number of nitrogens with zero attached hydrogens (tertiary/aromatic N) is 3. The third kappa shape index (κ3) is 4.03. The Morgan fingerprint density at radius 1 is 1.03 bits per heavy atom. The average Bonchev–Trinajstić information content (AvgIpc) is 3.05. The van der Waals surface area contributed by atoms with Gasteiger partial charge in [0.1, 0.15) is 5.75 Å². The number of aryl methyl sites for hydroxylation is 1. The topological polar surface area (TPSA) is 76.2 Å². The first kappa shape index (κ1) is 19.6. The van der Waals surface area contributed by atoms with Gasteiger partial charge in [-0.15, -0.1) is 10.2 Å². The van der Waals surface area contributed by atoms with Gasteiger partial charge < -0.3 is 14.4 Å². The van der Waals surface area contributed by atoms with Crippen molar-refractivity contribution < 1.29 is 14.6 Å². The minimum Gasteiger partial charge on any atom is -0.493 e. The largest absolute Gasteiger partial charge is 0.493 e. The molecule has 0 saturated heterocycles. The predicted octanol–water partition coefficient (Wildman–Crippen LogP) is 5.99. The van der Waals surface area contributed by atoms with E-state index in [-0.39, 0.29) is 12.5 Å². The van der Waals surface area contributed by atoms with Crippen molar-refractivity contribution in [1.29, 1.82) is 0 Å². The molecule has 0 aliphatic heterocycles. The van der Waals surface area contributed by atoms with Crippen molar-refractivity contribution in [2.24, 2.45) is 10.2 Å². The van der Waals surface area contributed by atoms with Crippen LogP contribution in [0.2, 0.25) is 0 Å². The fraction of sp³-hybridized carbons (Fsp3) is 0.208. The van der Waals surface area contributed by atoms with Gasteiger partial charge in [-0.3, -0.25) is 4.79 Å². The van der Waals surface area contributed by atoms with E-state index in [1.807, 2.05) is 71.3 Å². The lowest BCUT2D eigenvalue weighted by atomic mass is 10.1. The first-order valence-electron chi connectivity index (χ1n) is 10.0. The number of carbonyl (C=O) groups is 1. The van der Waals surface area contributed by atoms with Gasteiger partial charge in [-0.1, -0.05) is 61.9 Å². The summed E-state index contributed by atoms with van der Waals surface area (Å²) in [4.78, 5) is 12.2.